The van der Waals surface area contributed by atoms with E-state index in [9.17, 15) is 0 Å². The number of aromatic nitrogens is 2. The van der Waals surface area contributed by atoms with Crippen molar-refractivity contribution in [2.24, 2.45) is 7.05 Å². The molecule has 15 heavy (non-hydrogen) atoms. The summed E-state index contributed by atoms with van der Waals surface area (Å²) in [6.45, 7) is 10.5. The van der Waals surface area contributed by atoms with Crippen LogP contribution in [0.3, 0.4) is 0 Å². The minimum absolute atomic E-state index is 0. The van der Waals surface area contributed by atoms with Crippen LogP contribution in [0.15, 0.2) is 6.07 Å². The standard InChI is InChI=1S/C10H17N2.C2H6.Rb/c1-5-6-9-7-10(8(2)3)11-12(9)4;1-2;/h6-8H,5H2,1-4H3;1-2H3;/q-1;;+1. The van der Waals surface area contributed by atoms with Crippen LogP contribution in [0, 0.1) is 6.42 Å². The number of rotatable bonds is 3. The first-order valence-electron chi connectivity index (χ1n) is 5.52. The molecule has 0 aliphatic carbocycles. The van der Waals surface area contributed by atoms with Gasteiger partial charge in [0.25, 0.3) is 0 Å². The molecule has 0 aliphatic rings. The van der Waals surface area contributed by atoms with Gasteiger partial charge in [-0.2, -0.15) is 6.07 Å². The molecule has 0 atom stereocenters. The van der Waals surface area contributed by atoms with E-state index in [-0.39, 0.29) is 58.2 Å². The summed E-state index contributed by atoms with van der Waals surface area (Å²) in [4.78, 5) is 0. The van der Waals surface area contributed by atoms with Gasteiger partial charge in [0, 0.05) is 7.05 Å². The summed E-state index contributed by atoms with van der Waals surface area (Å²) in [6, 6.07) is 2.16. The number of nitrogens with zero attached hydrogens (tertiary/aromatic N) is 2. The zero-order valence-electron chi connectivity index (χ0n) is 11.3. The fourth-order valence-electron chi connectivity index (χ4n) is 1.19. The molecule has 0 aliphatic heterocycles. The summed E-state index contributed by atoms with van der Waals surface area (Å²) in [6.07, 6.45) is 3.26. The van der Waals surface area contributed by atoms with Crippen molar-refractivity contribution in [3.05, 3.63) is 23.9 Å². The van der Waals surface area contributed by atoms with Crippen molar-refractivity contribution in [2.45, 2.75) is 47.0 Å². The Hall–Kier alpha value is 0.885. The molecular formula is C12H23N2Rb. The molecule has 1 aromatic rings. The van der Waals surface area contributed by atoms with E-state index < -0.39 is 0 Å². The summed E-state index contributed by atoms with van der Waals surface area (Å²) < 4.78 is 1.94. The van der Waals surface area contributed by atoms with Gasteiger partial charge in [-0.15, -0.1) is 12.1 Å². The van der Waals surface area contributed by atoms with Crippen molar-refractivity contribution < 1.29 is 58.2 Å². The van der Waals surface area contributed by atoms with Crippen LogP contribution in [0.5, 0.6) is 0 Å². The van der Waals surface area contributed by atoms with E-state index >= 15 is 0 Å². The predicted octanol–water partition coefficient (Wildman–Crippen LogP) is 0.536. The Bertz CT molecular complexity index is 254. The topological polar surface area (TPSA) is 17.8 Å². The van der Waals surface area contributed by atoms with Crippen LogP contribution in [0.25, 0.3) is 0 Å². The molecule has 0 unspecified atom stereocenters. The minimum Gasteiger partial charge on any atom is -0.305 e. The smallest absolute Gasteiger partial charge is 0.305 e. The van der Waals surface area contributed by atoms with Crippen molar-refractivity contribution in [2.75, 3.05) is 0 Å². The van der Waals surface area contributed by atoms with Crippen LogP contribution in [-0.2, 0) is 7.05 Å². The molecule has 1 aromatic heterocycles. The van der Waals surface area contributed by atoms with Gasteiger partial charge >= 0.3 is 58.2 Å². The average molecular weight is 281 g/mol. The summed E-state index contributed by atoms with van der Waals surface area (Å²) in [5, 5.41) is 4.41. The van der Waals surface area contributed by atoms with Gasteiger partial charge in [-0.1, -0.05) is 34.6 Å². The molecule has 0 bridgehead atoms. The quantitative estimate of drug-likeness (QED) is 0.739. The third-order valence-corrected chi connectivity index (χ3v) is 1.94. The van der Waals surface area contributed by atoms with E-state index in [1.165, 1.54) is 11.4 Å². The van der Waals surface area contributed by atoms with Gasteiger partial charge in [-0.3, -0.25) is 0 Å². The average Bonchev–Trinajstić information content (AvgIpc) is 2.52. The molecule has 3 heteroatoms. The van der Waals surface area contributed by atoms with Crippen LogP contribution >= 0.6 is 0 Å². The Labute approximate surface area is 144 Å². The molecule has 1 heterocycles. The van der Waals surface area contributed by atoms with Gasteiger partial charge in [-0.25, -0.2) is 11.5 Å². The molecule has 0 aromatic carbocycles. The number of hydrogen-bond acceptors (Lipinski definition) is 1. The van der Waals surface area contributed by atoms with Crippen LogP contribution < -0.4 is 58.2 Å². The molecule has 0 fully saturated rings. The minimum atomic E-state index is 0. The second kappa shape index (κ2) is 10.1. The van der Waals surface area contributed by atoms with Crippen LogP contribution in [0.1, 0.15) is 58.3 Å². The molecular weight excluding hydrogens is 258 g/mol. The van der Waals surface area contributed by atoms with Crippen molar-refractivity contribution in [3.8, 4) is 0 Å². The first-order valence-corrected chi connectivity index (χ1v) is 5.52. The number of aryl methyl sites for hydroxylation is 1. The van der Waals surface area contributed by atoms with E-state index in [4.69, 9.17) is 0 Å². The first kappa shape index (κ1) is 18.3. The van der Waals surface area contributed by atoms with E-state index in [2.05, 4.69) is 38.4 Å². The molecule has 0 radical (unpaired) electrons. The molecule has 1 rings (SSSR count). The molecule has 2 nitrogen and oxygen atoms in total. The Morgan fingerprint density at radius 3 is 2.27 bits per heavy atom. The molecule has 0 amide bonds. The van der Waals surface area contributed by atoms with Crippen molar-refractivity contribution in [1.82, 2.24) is 9.78 Å². The Kier molecular flexibility index (Phi) is 12.3. The van der Waals surface area contributed by atoms with Gasteiger partial charge in [0.1, 0.15) is 0 Å². The van der Waals surface area contributed by atoms with Gasteiger partial charge in [0.15, 0.2) is 0 Å². The van der Waals surface area contributed by atoms with Crippen LogP contribution in [0.2, 0.25) is 0 Å². The normalized spacial score (nSPS) is 9.00. The number of hydrogen-bond donors (Lipinski definition) is 0. The van der Waals surface area contributed by atoms with Crippen LogP contribution in [-0.4, -0.2) is 9.78 Å². The fourth-order valence-corrected chi connectivity index (χ4v) is 1.19. The largest absolute Gasteiger partial charge is 1.00 e. The SMILES string of the molecule is CC.CC[CH-]c1cc(C(C)C)nn1C.[Rb+]. The van der Waals surface area contributed by atoms with Crippen molar-refractivity contribution in [1.29, 1.82) is 0 Å². The third kappa shape index (κ3) is 6.25. The molecule has 82 valence electrons. The molecule has 0 N–H and O–H groups in total. The molecule has 0 saturated carbocycles. The Balaban J connectivity index is 0. The van der Waals surface area contributed by atoms with E-state index in [1.807, 2.05) is 25.6 Å². The first-order chi connectivity index (χ1) is 6.65. The zero-order chi connectivity index (χ0) is 11.1. The maximum atomic E-state index is 4.41. The fraction of sp³-hybridized carbons (Fsp3) is 0.667. The Morgan fingerprint density at radius 1 is 1.40 bits per heavy atom. The third-order valence-electron chi connectivity index (χ3n) is 1.94. The zero-order valence-corrected chi connectivity index (χ0v) is 16.2. The van der Waals surface area contributed by atoms with Gasteiger partial charge in [-0.05, 0) is 11.6 Å². The van der Waals surface area contributed by atoms with E-state index in [1.54, 1.807) is 0 Å². The monoisotopic (exact) mass is 280 g/mol. The second-order valence-corrected chi connectivity index (χ2v) is 3.38. The summed E-state index contributed by atoms with van der Waals surface area (Å²) in [5.41, 5.74) is 2.40. The predicted molar refractivity (Wildman–Crippen MR) is 62.3 cm³/mol. The molecule has 0 saturated heterocycles. The van der Waals surface area contributed by atoms with Gasteiger partial charge < -0.3 is 4.68 Å². The Morgan fingerprint density at radius 2 is 1.93 bits per heavy atom. The molecule has 0 spiro atoms. The summed E-state index contributed by atoms with van der Waals surface area (Å²) in [7, 11) is 1.99. The van der Waals surface area contributed by atoms with Crippen LogP contribution in [0.4, 0.5) is 0 Å². The maximum absolute atomic E-state index is 4.41. The van der Waals surface area contributed by atoms with E-state index in [0.717, 1.165) is 6.42 Å². The summed E-state index contributed by atoms with van der Waals surface area (Å²) in [5.74, 6) is 0.523. The van der Waals surface area contributed by atoms with Gasteiger partial charge in [0.2, 0.25) is 0 Å². The van der Waals surface area contributed by atoms with E-state index in [0.29, 0.717) is 5.92 Å². The van der Waals surface area contributed by atoms with Crippen molar-refractivity contribution >= 4 is 0 Å². The van der Waals surface area contributed by atoms with Crippen molar-refractivity contribution in [3.63, 3.8) is 0 Å². The second-order valence-electron chi connectivity index (χ2n) is 3.38. The maximum Gasteiger partial charge on any atom is 1.00 e. The van der Waals surface area contributed by atoms with Gasteiger partial charge in [0.05, 0.1) is 0 Å². The summed E-state index contributed by atoms with van der Waals surface area (Å²) >= 11 is 0.